The molecule has 0 saturated heterocycles. The molecule has 0 spiro atoms. The van der Waals surface area contributed by atoms with Gasteiger partial charge >= 0.3 is 5.97 Å². The van der Waals surface area contributed by atoms with E-state index >= 15 is 0 Å². The van der Waals surface area contributed by atoms with Crippen molar-refractivity contribution in [1.82, 2.24) is 0 Å². The SMILES string of the molecule is COC(=O)CPc1ccccc1. The van der Waals surface area contributed by atoms with Gasteiger partial charge in [-0.05, 0) is 5.30 Å². The predicted octanol–water partition coefficient (Wildman–Crippen LogP) is 1.16. The van der Waals surface area contributed by atoms with Crippen LogP contribution in [0.15, 0.2) is 30.3 Å². The highest BCUT2D eigenvalue weighted by molar-refractivity contribution is 7.48. The average Bonchev–Trinajstić information content (AvgIpc) is 2.16. The molecule has 3 heteroatoms. The fraction of sp³-hybridized carbons (Fsp3) is 0.222. The minimum atomic E-state index is -0.141. The van der Waals surface area contributed by atoms with E-state index in [0.717, 1.165) is 0 Å². The highest BCUT2D eigenvalue weighted by Crippen LogP contribution is 2.08. The topological polar surface area (TPSA) is 26.3 Å². The Morgan fingerprint density at radius 2 is 2.08 bits per heavy atom. The molecule has 0 bridgehead atoms. The first-order valence-electron chi connectivity index (χ1n) is 3.68. The summed E-state index contributed by atoms with van der Waals surface area (Å²) < 4.78 is 4.54. The van der Waals surface area contributed by atoms with E-state index < -0.39 is 0 Å². The van der Waals surface area contributed by atoms with E-state index in [9.17, 15) is 4.79 Å². The van der Waals surface area contributed by atoms with E-state index in [1.807, 2.05) is 30.3 Å². The summed E-state index contributed by atoms with van der Waals surface area (Å²) in [6, 6.07) is 9.94. The Bertz CT molecular complexity index is 246. The highest BCUT2D eigenvalue weighted by Gasteiger charge is 1.99. The Morgan fingerprint density at radius 1 is 1.42 bits per heavy atom. The van der Waals surface area contributed by atoms with Crippen molar-refractivity contribution in [3.8, 4) is 0 Å². The molecule has 0 amide bonds. The van der Waals surface area contributed by atoms with Crippen LogP contribution in [0.4, 0.5) is 0 Å². The van der Waals surface area contributed by atoms with Crippen LogP contribution >= 0.6 is 8.58 Å². The Labute approximate surface area is 73.7 Å². The van der Waals surface area contributed by atoms with Gasteiger partial charge in [0.1, 0.15) is 0 Å². The summed E-state index contributed by atoms with van der Waals surface area (Å²) >= 11 is 0. The van der Waals surface area contributed by atoms with Gasteiger partial charge < -0.3 is 4.74 Å². The van der Waals surface area contributed by atoms with Crippen molar-refractivity contribution >= 4 is 19.9 Å². The van der Waals surface area contributed by atoms with E-state index in [-0.39, 0.29) is 5.97 Å². The normalized spacial score (nSPS) is 10.4. The van der Waals surface area contributed by atoms with Gasteiger partial charge in [-0.1, -0.05) is 38.9 Å². The smallest absolute Gasteiger partial charge is 0.309 e. The lowest BCUT2D eigenvalue weighted by Gasteiger charge is -1.99. The average molecular weight is 182 g/mol. The molecule has 0 fully saturated rings. The van der Waals surface area contributed by atoms with Crippen LogP contribution in [0.25, 0.3) is 0 Å². The molecule has 1 atom stereocenters. The zero-order valence-electron chi connectivity index (χ0n) is 6.91. The van der Waals surface area contributed by atoms with E-state index in [2.05, 4.69) is 4.74 Å². The van der Waals surface area contributed by atoms with Crippen LogP contribution in [0.5, 0.6) is 0 Å². The van der Waals surface area contributed by atoms with Crippen molar-refractivity contribution in [2.75, 3.05) is 13.3 Å². The lowest BCUT2D eigenvalue weighted by atomic mass is 10.4. The lowest BCUT2D eigenvalue weighted by molar-refractivity contribution is -0.137. The van der Waals surface area contributed by atoms with E-state index in [4.69, 9.17) is 0 Å². The molecule has 0 heterocycles. The number of hydrogen-bond donors (Lipinski definition) is 0. The van der Waals surface area contributed by atoms with E-state index in [1.165, 1.54) is 12.4 Å². The van der Waals surface area contributed by atoms with Gasteiger partial charge in [0.15, 0.2) is 0 Å². The summed E-state index contributed by atoms with van der Waals surface area (Å²) in [5.74, 6) is -0.141. The number of ether oxygens (including phenoxy) is 1. The van der Waals surface area contributed by atoms with Gasteiger partial charge in [0, 0.05) is 0 Å². The molecule has 1 aromatic rings. The first-order valence-corrected chi connectivity index (χ1v) is 4.89. The number of carbonyl (C=O) groups is 1. The fourth-order valence-corrected chi connectivity index (χ4v) is 1.72. The van der Waals surface area contributed by atoms with Gasteiger partial charge in [-0.2, -0.15) is 0 Å². The van der Waals surface area contributed by atoms with Gasteiger partial charge in [0.25, 0.3) is 0 Å². The molecule has 0 aliphatic carbocycles. The predicted molar refractivity (Wildman–Crippen MR) is 51.3 cm³/mol. The highest BCUT2D eigenvalue weighted by atomic mass is 31.1. The van der Waals surface area contributed by atoms with Crippen LogP contribution in [0.1, 0.15) is 0 Å². The summed E-state index contributed by atoms with van der Waals surface area (Å²) in [6.07, 6.45) is 0.487. The van der Waals surface area contributed by atoms with Crippen molar-refractivity contribution in [2.45, 2.75) is 0 Å². The number of benzene rings is 1. The molecule has 1 rings (SSSR count). The quantitative estimate of drug-likeness (QED) is 0.518. The minimum absolute atomic E-state index is 0.141. The first kappa shape index (κ1) is 9.21. The molecule has 0 saturated carbocycles. The number of methoxy groups -OCH3 is 1. The first-order chi connectivity index (χ1) is 5.83. The summed E-state index contributed by atoms with van der Waals surface area (Å²) in [6.45, 7) is 0. The van der Waals surface area contributed by atoms with Crippen molar-refractivity contribution in [1.29, 1.82) is 0 Å². The number of esters is 1. The molecule has 64 valence electrons. The molecular weight excluding hydrogens is 171 g/mol. The maximum Gasteiger partial charge on any atom is 0.309 e. The van der Waals surface area contributed by atoms with Crippen LogP contribution in [0, 0.1) is 0 Å². The molecule has 2 nitrogen and oxygen atoms in total. The number of rotatable bonds is 3. The zero-order valence-corrected chi connectivity index (χ0v) is 7.91. The monoisotopic (exact) mass is 182 g/mol. The van der Waals surface area contributed by atoms with Crippen molar-refractivity contribution in [3.05, 3.63) is 30.3 Å². The van der Waals surface area contributed by atoms with Gasteiger partial charge in [-0.25, -0.2) is 0 Å². The Hall–Kier alpha value is -0.880. The van der Waals surface area contributed by atoms with Crippen LogP contribution in [0.2, 0.25) is 0 Å². The van der Waals surface area contributed by atoms with Crippen molar-refractivity contribution in [3.63, 3.8) is 0 Å². The molecule has 0 radical (unpaired) electrons. The zero-order chi connectivity index (χ0) is 8.81. The van der Waals surface area contributed by atoms with Crippen LogP contribution in [-0.4, -0.2) is 19.2 Å². The summed E-state index contributed by atoms with van der Waals surface area (Å²) in [7, 11) is 1.93. The molecule has 12 heavy (non-hydrogen) atoms. The van der Waals surface area contributed by atoms with E-state index in [0.29, 0.717) is 14.7 Å². The third-order valence-electron chi connectivity index (χ3n) is 1.44. The molecular formula is C9H11O2P. The standard InChI is InChI=1S/C9H11O2P/c1-11-9(10)7-12-8-5-3-2-4-6-8/h2-6,12H,7H2,1H3. The summed E-state index contributed by atoms with van der Waals surface area (Å²) in [4.78, 5) is 10.8. The van der Waals surface area contributed by atoms with Gasteiger partial charge in [-0.3, -0.25) is 4.79 Å². The van der Waals surface area contributed by atoms with Gasteiger partial charge in [0.05, 0.1) is 13.3 Å². The second kappa shape index (κ2) is 4.89. The fourth-order valence-electron chi connectivity index (χ4n) is 0.802. The maximum atomic E-state index is 10.8. The van der Waals surface area contributed by atoms with Crippen LogP contribution < -0.4 is 5.30 Å². The Balaban J connectivity index is 2.38. The summed E-state index contributed by atoms with van der Waals surface area (Å²) in [5, 5.41) is 1.20. The van der Waals surface area contributed by atoms with E-state index in [1.54, 1.807) is 0 Å². The minimum Gasteiger partial charge on any atom is -0.469 e. The van der Waals surface area contributed by atoms with Crippen LogP contribution in [-0.2, 0) is 9.53 Å². The summed E-state index contributed by atoms with van der Waals surface area (Å²) in [5.41, 5.74) is 0. The Kier molecular flexibility index (Phi) is 3.75. The van der Waals surface area contributed by atoms with Gasteiger partial charge in [-0.15, -0.1) is 0 Å². The third kappa shape index (κ3) is 3.02. The molecule has 1 unspecified atom stereocenters. The van der Waals surface area contributed by atoms with Crippen molar-refractivity contribution < 1.29 is 9.53 Å². The second-order valence-corrected chi connectivity index (χ2v) is 3.58. The molecule has 0 aliphatic heterocycles. The lowest BCUT2D eigenvalue weighted by Crippen LogP contribution is -2.05. The van der Waals surface area contributed by atoms with Gasteiger partial charge in [0.2, 0.25) is 0 Å². The molecule has 1 aromatic carbocycles. The molecule has 0 N–H and O–H groups in total. The maximum absolute atomic E-state index is 10.8. The molecule has 0 aliphatic rings. The largest absolute Gasteiger partial charge is 0.469 e. The number of hydrogen-bond acceptors (Lipinski definition) is 2. The Morgan fingerprint density at radius 3 is 2.67 bits per heavy atom. The molecule has 0 aromatic heterocycles. The second-order valence-electron chi connectivity index (χ2n) is 2.30. The number of carbonyl (C=O) groups excluding carboxylic acids is 1. The van der Waals surface area contributed by atoms with Crippen molar-refractivity contribution in [2.24, 2.45) is 0 Å². The van der Waals surface area contributed by atoms with Crippen LogP contribution in [0.3, 0.4) is 0 Å². The third-order valence-corrected chi connectivity index (χ3v) is 2.65.